The van der Waals surface area contributed by atoms with E-state index in [9.17, 15) is 13.6 Å². The third-order valence-electron chi connectivity index (χ3n) is 5.54. The van der Waals surface area contributed by atoms with Crippen LogP contribution in [0.3, 0.4) is 0 Å². The van der Waals surface area contributed by atoms with E-state index in [2.05, 4.69) is 5.32 Å². The van der Waals surface area contributed by atoms with Gasteiger partial charge in [-0.05, 0) is 31.7 Å². The minimum absolute atomic E-state index is 0.122. The van der Waals surface area contributed by atoms with Gasteiger partial charge in [0.2, 0.25) is 0 Å². The van der Waals surface area contributed by atoms with E-state index < -0.39 is 25.1 Å². The Labute approximate surface area is 151 Å². The van der Waals surface area contributed by atoms with Gasteiger partial charge in [-0.3, -0.25) is 0 Å². The standard InChI is InChI=1S/C19H24F2N2O3/c20-19(21)12-23(9-10-25-13-19)17(24)22-15-11-18(7-3-4-8-18)26-16-6-2-1-5-14(15)16/h1-2,5-6,15H,3-4,7-13H2,(H,22,24). The minimum atomic E-state index is -3.02. The third kappa shape index (κ3) is 3.49. The number of nitrogens with zero attached hydrogens (tertiary/aromatic N) is 1. The van der Waals surface area contributed by atoms with Crippen molar-refractivity contribution in [3.05, 3.63) is 29.8 Å². The molecule has 0 radical (unpaired) electrons. The molecule has 2 amide bonds. The lowest BCUT2D eigenvalue weighted by Crippen LogP contribution is -2.49. The van der Waals surface area contributed by atoms with Crippen LogP contribution >= 0.6 is 0 Å². The average Bonchev–Trinajstić information content (AvgIpc) is 2.95. The van der Waals surface area contributed by atoms with Crippen molar-refractivity contribution in [3.63, 3.8) is 0 Å². The van der Waals surface area contributed by atoms with Crippen LogP contribution in [0.5, 0.6) is 5.75 Å². The van der Waals surface area contributed by atoms with Gasteiger partial charge < -0.3 is 19.7 Å². The number of carbonyl (C=O) groups excluding carboxylic acids is 1. The van der Waals surface area contributed by atoms with Crippen molar-refractivity contribution in [2.24, 2.45) is 0 Å². The van der Waals surface area contributed by atoms with Gasteiger partial charge in [0.25, 0.3) is 5.92 Å². The van der Waals surface area contributed by atoms with Crippen LogP contribution in [-0.2, 0) is 4.74 Å². The number of fused-ring (bicyclic) bond motifs is 1. The molecule has 3 aliphatic rings. The number of para-hydroxylation sites is 1. The second kappa shape index (κ2) is 6.68. The summed E-state index contributed by atoms with van der Waals surface area (Å²) in [5, 5.41) is 2.98. The second-order valence-electron chi connectivity index (χ2n) is 7.57. The van der Waals surface area contributed by atoms with E-state index in [1.54, 1.807) is 0 Å². The highest BCUT2D eigenvalue weighted by Crippen LogP contribution is 2.47. The SMILES string of the molecule is O=C(NC1CC2(CCCC2)Oc2ccccc21)N1CCOCC(F)(F)C1. The Balaban J connectivity index is 1.53. The predicted octanol–water partition coefficient (Wildman–Crippen LogP) is 3.50. The highest BCUT2D eigenvalue weighted by molar-refractivity contribution is 5.75. The van der Waals surface area contributed by atoms with Crippen LogP contribution < -0.4 is 10.1 Å². The number of nitrogens with one attached hydrogen (secondary N) is 1. The summed E-state index contributed by atoms with van der Waals surface area (Å²) in [4.78, 5) is 13.9. The van der Waals surface area contributed by atoms with Crippen molar-refractivity contribution >= 4 is 6.03 Å². The predicted molar refractivity (Wildman–Crippen MR) is 91.5 cm³/mol. The third-order valence-corrected chi connectivity index (χ3v) is 5.54. The van der Waals surface area contributed by atoms with Crippen LogP contribution in [-0.4, -0.2) is 48.8 Å². The molecule has 1 aliphatic carbocycles. The number of carbonyl (C=O) groups is 1. The Morgan fingerprint density at radius 1 is 1.23 bits per heavy atom. The first-order valence-corrected chi connectivity index (χ1v) is 9.25. The van der Waals surface area contributed by atoms with Gasteiger partial charge in [-0.2, -0.15) is 0 Å². The monoisotopic (exact) mass is 366 g/mol. The van der Waals surface area contributed by atoms with E-state index >= 15 is 0 Å². The Hall–Kier alpha value is -1.89. The van der Waals surface area contributed by atoms with Crippen molar-refractivity contribution in [2.45, 2.75) is 49.7 Å². The largest absolute Gasteiger partial charge is 0.487 e. The van der Waals surface area contributed by atoms with Crippen molar-refractivity contribution in [1.82, 2.24) is 10.2 Å². The first-order chi connectivity index (χ1) is 12.5. The molecule has 0 bridgehead atoms. The highest BCUT2D eigenvalue weighted by atomic mass is 19.3. The van der Waals surface area contributed by atoms with Crippen LogP contribution in [0.2, 0.25) is 0 Å². The average molecular weight is 366 g/mol. The molecule has 0 aromatic heterocycles. The summed E-state index contributed by atoms with van der Waals surface area (Å²) < 4.78 is 38.7. The van der Waals surface area contributed by atoms with Crippen LogP contribution in [0.4, 0.5) is 13.6 Å². The number of urea groups is 1. The normalized spacial score (nSPS) is 26.7. The molecule has 1 saturated heterocycles. The molecular formula is C19H24F2N2O3. The number of alkyl halides is 2. The number of halogens is 2. The van der Waals surface area contributed by atoms with Crippen LogP contribution in [0.1, 0.15) is 43.7 Å². The van der Waals surface area contributed by atoms with Gasteiger partial charge in [-0.15, -0.1) is 0 Å². The molecule has 1 N–H and O–H groups in total. The molecule has 26 heavy (non-hydrogen) atoms. The van der Waals surface area contributed by atoms with Gasteiger partial charge in [0.05, 0.1) is 19.2 Å². The van der Waals surface area contributed by atoms with Gasteiger partial charge in [0.15, 0.2) is 0 Å². The topological polar surface area (TPSA) is 50.8 Å². The molecule has 1 aromatic carbocycles. The lowest BCUT2D eigenvalue weighted by atomic mass is 9.86. The number of hydrogen-bond donors (Lipinski definition) is 1. The number of ether oxygens (including phenoxy) is 2. The van der Waals surface area contributed by atoms with Crippen molar-refractivity contribution < 1.29 is 23.0 Å². The highest BCUT2D eigenvalue weighted by Gasteiger charge is 2.44. The van der Waals surface area contributed by atoms with Crippen molar-refractivity contribution in [2.75, 3.05) is 26.3 Å². The molecule has 2 heterocycles. The molecule has 4 rings (SSSR count). The summed E-state index contributed by atoms with van der Waals surface area (Å²) in [6.45, 7) is -0.969. The summed E-state index contributed by atoms with van der Waals surface area (Å²) in [7, 11) is 0. The Bertz CT molecular complexity index is 677. The summed E-state index contributed by atoms with van der Waals surface area (Å²) in [6, 6.07) is 6.97. The van der Waals surface area contributed by atoms with Crippen LogP contribution in [0.25, 0.3) is 0 Å². The molecule has 1 unspecified atom stereocenters. The lowest BCUT2D eigenvalue weighted by molar-refractivity contribution is -0.0653. The van der Waals surface area contributed by atoms with E-state index in [1.807, 2.05) is 24.3 Å². The van der Waals surface area contributed by atoms with Crippen molar-refractivity contribution in [3.8, 4) is 5.75 Å². The molecular weight excluding hydrogens is 342 g/mol. The fourth-order valence-corrected chi connectivity index (χ4v) is 4.29. The summed E-state index contributed by atoms with van der Waals surface area (Å²) in [5.41, 5.74) is 0.661. The molecule has 142 valence electrons. The molecule has 1 atom stereocenters. The molecule has 1 aromatic rings. The number of rotatable bonds is 1. The summed E-state index contributed by atoms with van der Waals surface area (Å²) >= 11 is 0. The van der Waals surface area contributed by atoms with E-state index in [-0.39, 0.29) is 24.8 Å². The summed E-state index contributed by atoms with van der Waals surface area (Å²) in [6.07, 6.45) is 4.82. The Morgan fingerprint density at radius 2 is 2.00 bits per heavy atom. The zero-order valence-electron chi connectivity index (χ0n) is 14.7. The minimum Gasteiger partial charge on any atom is -0.487 e. The van der Waals surface area contributed by atoms with Crippen LogP contribution in [0.15, 0.2) is 24.3 Å². The molecule has 2 fully saturated rings. The fraction of sp³-hybridized carbons (Fsp3) is 0.632. The van der Waals surface area contributed by atoms with E-state index in [0.29, 0.717) is 6.42 Å². The van der Waals surface area contributed by atoms with Gasteiger partial charge in [0, 0.05) is 18.5 Å². The Kier molecular flexibility index (Phi) is 4.50. The maximum atomic E-state index is 13.8. The molecule has 5 nitrogen and oxygen atoms in total. The number of hydrogen-bond acceptors (Lipinski definition) is 3. The molecule has 1 spiro atoms. The maximum absolute atomic E-state index is 13.8. The summed E-state index contributed by atoms with van der Waals surface area (Å²) in [5.74, 6) is -2.23. The molecule has 7 heteroatoms. The van der Waals surface area contributed by atoms with E-state index in [0.717, 1.165) is 41.9 Å². The van der Waals surface area contributed by atoms with Gasteiger partial charge in [-0.25, -0.2) is 13.6 Å². The number of benzene rings is 1. The molecule has 1 saturated carbocycles. The van der Waals surface area contributed by atoms with E-state index in [1.165, 1.54) is 0 Å². The fourth-order valence-electron chi connectivity index (χ4n) is 4.29. The first-order valence-electron chi connectivity index (χ1n) is 9.25. The second-order valence-corrected chi connectivity index (χ2v) is 7.57. The smallest absolute Gasteiger partial charge is 0.318 e. The van der Waals surface area contributed by atoms with Crippen LogP contribution in [0, 0.1) is 0 Å². The quantitative estimate of drug-likeness (QED) is 0.828. The zero-order valence-corrected chi connectivity index (χ0v) is 14.7. The van der Waals surface area contributed by atoms with Gasteiger partial charge in [0.1, 0.15) is 18.0 Å². The molecule has 2 aliphatic heterocycles. The van der Waals surface area contributed by atoms with Gasteiger partial charge in [-0.1, -0.05) is 18.2 Å². The van der Waals surface area contributed by atoms with Gasteiger partial charge >= 0.3 is 6.03 Å². The first kappa shape index (κ1) is 17.5. The zero-order chi connectivity index (χ0) is 18.2. The Morgan fingerprint density at radius 3 is 2.81 bits per heavy atom. The maximum Gasteiger partial charge on any atom is 0.318 e. The van der Waals surface area contributed by atoms with Crippen molar-refractivity contribution in [1.29, 1.82) is 0 Å². The number of amides is 2. The van der Waals surface area contributed by atoms with E-state index in [4.69, 9.17) is 9.47 Å². The lowest BCUT2D eigenvalue weighted by Gasteiger charge is -2.40.